The molecule has 0 unspecified atom stereocenters. The summed E-state index contributed by atoms with van der Waals surface area (Å²) in [6, 6.07) is 10.5. The largest absolute Gasteiger partial charge is 0.461 e. The Morgan fingerprint density at radius 2 is 1.65 bits per heavy atom. The van der Waals surface area contributed by atoms with Gasteiger partial charge in [-0.1, -0.05) is 12.1 Å². The second kappa shape index (κ2) is 7.87. The van der Waals surface area contributed by atoms with Gasteiger partial charge in [-0.05, 0) is 63.4 Å². The van der Waals surface area contributed by atoms with E-state index in [1.54, 1.807) is 30.3 Å². The fraction of sp³-hybridized carbons (Fsp3) is 0.240. The molecule has 0 saturated heterocycles. The third-order valence-corrected chi connectivity index (χ3v) is 5.74. The molecule has 0 spiro atoms. The van der Waals surface area contributed by atoms with E-state index < -0.39 is 5.63 Å². The minimum Gasteiger partial charge on any atom is -0.461 e. The highest BCUT2D eigenvalue weighted by molar-refractivity contribution is 5.98. The maximum atomic E-state index is 12.6. The Hall–Kier alpha value is -3.67. The van der Waals surface area contributed by atoms with Crippen molar-refractivity contribution in [2.24, 2.45) is 0 Å². The molecule has 0 aliphatic rings. The van der Waals surface area contributed by atoms with Gasteiger partial charge in [0.2, 0.25) is 5.91 Å². The summed E-state index contributed by atoms with van der Waals surface area (Å²) >= 11 is 0. The van der Waals surface area contributed by atoms with Crippen molar-refractivity contribution in [3.63, 3.8) is 0 Å². The molecule has 0 aliphatic heterocycles. The summed E-state index contributed by atoms with van der Waals surface area (Å²) in [5.41, 5.74) is 4.12. The number of furan rings is 1. The van der Waals surface area contributed by atoms with Crippen LogP contribution in [0, 0.1) is 20.8 Å². The van der Waals surface area contributed by atoms with Crippen molar-refractivity contribution in [1.82, 2.24) is 0 Å². The van der Waals surface area contributed by atoms with Crippen LogP contribution in [0.25, 0.3) is 21.9 Å². The number of hydrogen-bond acceptors (Lipinski definition) is 5. The predicted molar refractivity (Wildman–Crippen MR) is 120 cm³/mol. The molecule has 2 aromatic heterocycles. The lowest BCUT2D eigenvalue weighted by atomic mass is 10.0. The van der Waals surface area contributed by atoms with Crippen LogP contribution in [0.5, 0.6) is 0 Å². The van der Waals surface area contributed by atoms with Gasteiger partial charge in [-0.15, -0.1) is 0 Å². The highest BCUT2D eigenvalue weighted by Gasteiger charge is 2.16. The molecular formula is C25H23NO5. The maximum absolute atomic E-state index is 12.6. The fourth-order valence-electron chi connectivity index (χ4n) is 3.79. The number of amides is 1. The molecule has 1 N–H and O–H groups in total. The van der Waals surface area contributed by atoms with E-state index in [1.165, 1.54) is 6.92 Å². The average Bonchev–Trinajstić information content (AvgIpc) is 2.99. The van der Waals surface area contributed by atoms with Gasteiger partial charge in [-0.2, -0.15) is 0 Å². The zero-order valence-electron chi connectivity index (χ0n) is 17.9. The normalized spacial score (nSPS) is 11.2. The lowest BCUT2D eigenvalue weighted by Gasteiger charge is -2.09. The first-order valence-electron chi connectivity index (χ1n) is 10.1. The Bertz CT molecular complexity index is 1410. The van der Waals surface area contributed by atoms with Crippen LogP contribution in [0.2, 0.25) is 0 Å². The zero-order valence-corrected chi connectivity index (χ0v) is 17.9. The highest BCUT2D eigenvalue weighted by atomic mass is 16.4. The van der Waals surface area contributed by atoms with Crippen LogP contribution in [-0.2, 0) is 11.2 Å². The first kappa shape index (κ1) is 20.6. The van der Waals surface area contributed by atoms with E-state index in [9.17, 15) is 14.4 Å². The number of rotatable bonds is 5. The van der Waals surface area contributed by atoms with Crippen molar-refractivity contribution >= 4 is 39.3 Å². The number of aryl methyl sites for hydroxylation is 3. The number of fused-ring (bicyclic) bond motifs is 2. The van der Waals surface area contributed by atoms with E-state index in [-0.39, 0.29) is 24.5 Å². The van der Waals surface area contributed by atoms with E-state index in [2.05, 4.69) is 5.32 Å². The molecule has 0 aliphatic carbocycles. The summed E-state index contributed by atoms with van der Waals surface area (Å²) in [7, 11) is 0. The van der Waals surface area contributed by atoms with Crippen molar-refractivity contribution in [2.75, 3.05) is 5.32 Å². The maximum Gasteiger partial charge on any atom is 0.339 e. The van der Waals surface area contributed by atoms with Gasteiger partial charge in [0, 0.05) is 40.1 Å². The number of nitrogens with one attached hydrogen (secondary N) is 1. The lowest BCUT2D eigenvalue weighted by molar-refractivity contribution is -0.116. The Morgan fingerprint density at radius 1 is 0.935 bits per heavy atom. The first-order valence-corrected chi connectivity index (χ1v) is 10.1. The number of carbonyl (C=O) groups is 2. The molecule has 1 amide bonds. The van der Waals surface area contributed by atoms with Crippen LogP contribution in [0.3, 0.4) is 0 Å². The van der Waals surface area contributed by atoms with Gasteiger partial charge in [-0.25, -0.2) is 4.79 Å². The number of Topliss-reactive ketones (excluding diaryl/α,β-unsaturated/α-hetero) is 1. The van der Waals surface area contributed by atoms with Crippen molar-refractivity contribution in [2.45, 2.75) is 40.5 Å². The molecule has 4 aromatic rings. The van der Waals surface area contributed by atoms with Gasteiger partial charge in [-0.3, -0.25) is 9.59 Å². The molecule has 0 saturated carbocycles. The Morgan fingerprint density at radius 3 is 2.39 bits per heavy atom. The van der Waals surface area contributed by atoms with Crippen LogP contribution in [0.4, 0.5) is 5.69 Å². The minimum atomic E-state index is -0.448. The van der Waals surface area contributed by atoms with Crippen LogP contribution in [0.1, 0.15) is 46.2 Å². The van der Waals surface area contributed by atoms with E-state index in [1.807, 2.05) is 26.8 Å². The van der Waals surface area contributed by atoms with Crippen molar-refractivity contribution in [3.8, 4) is 0 Å². The molecule has 0 fully saturated rings. The number of hydrogen-bond donors (Lipinski definition) is 1. The molecule has 158 valence electrons. The van der Waals surface area contributed by atoms with Crippen molar-refractivity contribution < 1.29 is 18.4 Å². The van der Waals surface area contributed by atoms with E-state index in [0.717, 1.165) is 27.7 Å². The second-order valence-corrected chi connectivity index (χ2v) is 7.81. The highest BCUT2D eigenvalue weighted by Crippen LogP contribution is 2.31. The third-order valence-electron chi connectivity index (χ3n) is 5.74. The summed E-state index contributed by atoms with van der Waals surface area (Å²) in [5, 5.41) is 4.60. The third kappa shape index (κ3) is 3.89. The SMILES string of the molecule is CC(=O)c1cccc(NC(=O)CCc2c(C)c3cc4c(C)c(C)oc4cc3oc2=O)c1. The van der Waals surface area contributed by atoms with Gasteiger partial charge in [0.15, 0.2) is 5.78 Å². The summed E-state index contributed by atoms with van der Waals surface area (Å²) < 4.78 is 11.3. The van der Waals surface area contributed by atoms with E-state index in [4.69, 9.17) is 8.83 Å². The summed E-state index contributed by atoms with van der Waals surface area (Å²) in [6.45, 7) is 7.24. The van der Waals surface area contributed by atoms with E-state index in [0.29, 0.717) is 28.0 Å². The summed E-state index contributed by atoms with van der Waals surface area (Å²) in [4.78, 5) is 36.5. The zero-order chi connectivity index (χ0) is 22.3. The van der Waals surface area contributed by atoms with Crippen LogP contribution >= 0.6 is 0 Å². The van der Waals surface area contributed by atoms with Crippen LogP contribution < -0.4 is 10.9 Å². The minimum absolute atomic E-state index is 0.0716. The Balaban J connectivity index is 1.59. The van der Waals surface area contributed by atoms with Crippen LogP contribution in [-0.4, -0.2) is 11.7 Å². The molecule has 0 bridgehead atoms. The Kier molecular flexibility index (Phi) is 5.23. The fourth-order valence-corrected chi connectivity index (χ4v) is 3.79. The number of benzene rings is 2. The van der Waals surface area contributed by atoms with Crippen molar-refractivity contribution in [1.29, 1.82) is 0 Å². The number of carbonyl (C=O) groups excluding carboxylic acids is 2. The quantitative estimate of drug-likeness (QED) is 0.354. The monoisotopic (exact) mass is 417 g/mol. The van der Waals surface area contributed by atoms with Gasteiger partial charge in [0.05, 0.1) is 0 Å². The van der Waals surface area contributed by atoms with Gasteiger partial charge in [0.25, 0.3) is 0 Å². The first-order chi connectivity index (χ1) is 14.7. The average molecular weight is 417 g/mol. The standard InChI is InChI=1S/C25H23NO5/c1-13-16(4)30-22-12-23-21(11-20(13)22)14(2)19(25(29)31-23)8-9-24(28)26-18-7-5-6-17(10-18)15(3)27/h5-7,10-12H,8-9H2,1-4H3,(H,26,28). The molecular weight excluding hydrogens is 394 g/mol. The predicted octanol–water partition coefficient (Wildman–Crippen LogP) is 5.24. The van der Waals surface area contributed by atoms with Crippen LogP contribution in [0.15, 0.2) is 50.0 Å². The number of anilines is 1. The van der Waals surface area contributed by atoms with Gasteiger partial charge < -0.3 is 14.2 Å². The number of ketones is 1. The molecule has 4 rings (SSSR count). The lowest BCUT2D eigenvalue weighted by Crippen LogP contribution is -2.16. The smallest absolute Gasteiger partial charge is 0.339 e. The molecule has 6 nitrogen and oxygen atoms in total. The molecule has 31 heavy (non-hydrogen) atoms. The van der Waals surface area contributed by atoms with Crippen molar-refractivity contribution in [3.05, 3.63) is 74.8 Å². The molecule has 0 radical (unpaired) electrons. The molecule has 0 atom stereocenters. The molecule has 2 aromatic carbocycles. The molecule has 2 heterocycles. The molecule has 6 heteroatoms. The summed E-state index contributed by atoms with van der Waals surface area (Å²) in [5.74, 6) is 0.519. The van der Waals surface area contributed by atoms with Gasteiger partial charge >= 0.3 is 5.63 Å². The second-order valence-electron chi connectivity index (χ2n) is 7.81. The van der Waals surface area contributed by atoms with E-state index >= 15 is 0 Å². The summed E-state index contributed by atoms with van der Waals surface area (Å²) in [6.07, 6.45) is 0.372. The Labute approximate surface area is 178 Å². The van der Waals surface area contributed by atoms with Gasteiger partial charge in [0.1, 0.15) is 16.9 Å². The topological polar surface area (TPSA) is 89.5 Å².